The Hall–Kier alpha value is -2.83. The summed E-state index contributed by atoms with van der Waals surface area (Å²) in [6.45, 7) is 2.49. The summed E-state index contributed by atoms with van der Waals surface area (Å²) in [4.78, 5) is 12.2. The predicted molar refractivity (Wildman–Crippen MR) is 85.5 cm³/mol. The lowest BCUT2D eigenvalue weighted by Gasteiger charge is -2.23. The topological polar surface area (TPSA) is 59.6 Å². The van der Waals surface area contributed by atoms with Crippen LogP contribution in [-0.2, 0) is 4.79 Å². The first-order valence-corrected chi connectivity index (χ1v) is 7.45. The number of benzene rings is 2. The van der Waals surface area contributed by atoms with Crippen LogP contribution >= 0.6 is 0 Å². The van der Waals surface area contributed by atoms with Crippen molar-refractivity contribution in [3.05, 3.63) is 48.0 Å². The molecule has 2 aromatic carbocycles. The highest BCUT2D eigenvalue weighted by molar-refractivity contribution is 5.96. The number of hydrogen-bond donors (Lipinski definition) is 2. The highest BCUT2D eigenvalue weighted by Crippen LogP contribution is 2.37. The van der Waals surface area contributed by atoms with Gasteiger partial charge in [0.1, 0.15) is 30.9 Å². The van der Waals surface area contributed by atoms with Crippen molar-refractivity contribution in [3.8, 4) is 11.5 Å². The molecule has 0 fully saturated rings. The number of halogens is 2. The molecule has 24 heavy (non-hydrogen) atoms. The van der Waals surface area contributed by atoms with Gasteiger partial charge in [0.25, 0.3) is 0 Å². The Morgan fingerprint density at radius 2 is 1.92 bits per heavy atom. The molecule has 0 saturated carbocycles. The number of hydrogen-bond acceptors (Lipinski definition) is 4. The first kappa shape index (κ1) is 16.0. The lowest BCUT2D eigenvalue weighted by Crippen LogP contribution is -2.32. The SMILES string of the molecule is CC(Nc1cccc2c1OCCO2)C(=O)Nc1cc(F)ccc1F. The zero-order valence-corrected chi connectivity index (χ0v) is 12.9. The second-order valence-electron chi connectivity index (χ2n) is 5.31. The van der Waals surface area contributed by atoms with Gasteiger partial charge >= 0.3 is 0 Å². The number of fused-ring (bicyclic) bond motifs is 1. The summed E-state index contributed by atoms with van der Waals surface area (Å²) in [6.07, 6.45) is 0. The van der Waals surface area contributed by atoms with Crippen molar-refractivity contribution in [2.75, 3.05) is 23.8 Å². The molecule has 1 atom stereocenters. The zero-order chi connectivity index (χ0) is 17.1. The molecule has 1 aliphatic rings. The highest BCUT2D eigenvalue weighted by atomic mass is 19.1. The van der Waals surface area contributed by atoms with E-state index in [0.29, 0.717) is 30.4 Å². The molecule has 0 bridgehead atoms. The molecular formula is C17H16F2N2O3. The molecule has 1 aliphatic heterocycles. The van der Waals surface area contributed by atoms with E-state index in [-0.39, 0.29) is 5.69 Å². The van der Waals surface area contributed by atoms with E-state index in [1.54, 1.807) is 25.1 Å². The zero-order valence-electron chi connectivity index (χ0n) is 12.9. The third kappa shape index (κ3) is 3.40. The van der Waals surface area contributed by atoms with Crippen LogP contribution in [-0.4, -0.2) is 25.2 Å². The first-order valence-electron chi connectivity index (χ1n) is 7.45. The molecule has 7 heteroatoms. The number of rotatable bonds is 4. The molecule has 0 saturated heterocycles. The molecule has 1 amide bonds. The molecule has 1 heterocycles. The van der Waals surface area contributed by atoms with Gasteiger partial charge in [0, 0.05) is 6.07 Å². The molecule has 0 aliphatic carbocycles. The van der Waals surface area contributed by atoms with Crippen molar-refractivity contribution < 1.29 is 23.0 Å². The Labute approximate surface area is 137 Å². The standard InChI is InChI=1S/C17H16F2N2O3/c1-10(17(22)21-14-9-11(18)5-6-12(14)19)20-13-3-2-4-15-16(13)24-8-7-23-15/h2-6,9-10,20H,7-8H2,1H3,(H,21,22). The minimum atomic E-state index is -0.704. The van der Waals surface area contributed by atoms with Gasteiger partial charge < -0.3 is 20.1 Å². The van der Waals surface area contributed by atoms with Crippen molar-refractivity contribution in [1.29, 1.82) is 0 Å². The van der Waals surface area contributed by atoms with Crippen molar-refractivity contribution in [3.63, 3.8) is 0 Å². The minimum Gasteiger partial charge on any atom is -0.486 e. The molecule has 1 unspecified atom stereocenters. The van der Waals surface area contributed by atoms with Gasteiger partial charge in [0.2, 0.25) is 5.91 Å². The summed E-state index contributed by atoms with van der Waals surface area (Å²) in [7, 11) is 0. The van der Waals surface area contributed by atoms with E-state index in [9.17, 15) is 13.6 Å². The quantitative estimate of drug-likeness (QED) is 0.902. The third-order valence-corrected chi connectivity index (χ3v) is 3.52. The van der Waals surface area contributed by atoms with Crippen LogP contribution in [0.1, 0.15) is 6.92 Å². The van der Waals surface area contributed by atoms with Gasteiger partial charge in [-0.15, -0.1) is 0 Å². The van der Waals surface area contributed by atoms with Crippen molar-refractivity contribution >= 4 is 17.3 Å². The monoisotopic (exact) mass is 334 g/mol. The fourth-order valence-corrected chi connectivity index (χ4v) is 2.32. The molecule has 126 valence electrons. The van der Waals surface area contributed by atoms with Crippen LogP contribution in [0.2, 0.25) is 0 Å². The maximum atomic E-state index is 13.6. The highest BCUT2D eigenvalue weighted by Gasteiger charge is 2.20. The van der Waals surface area contributed by atoms with Crippen molar-refractivity contribution in [2.24, 2.45) is 0 Å². The van der Waals surface area contributed by atoms with Gasteiger partial charge in [-0.25, -0.2) is 8.78 Å². The van der Waals surface area contributed by atoms with Crippen LogP contribution in [0.25, 0.3) is 0 Å². The van der Waals surface area contributed by atoms with E-state index < -0.39 is 23.6 Å². The molecule has 0 radical (unpaired) electrons. The summed E-state index contributed by atoms with van der Waals surface area (Å²) in [5.41, 5.74) is 0.387. The van der Waals surface area contributed by atoms with Gasteiger partial charge in [-0.05, 0) is 31.2 Å². The maximum Gasteiger partial charge on any atom is 0.246 e. The second-order valence-corrected chi connectivity index (χ2v) is 5.31. The smallest absolute Gasteiger partial charge is 0.246 e. The van der Waals surface area contributed by atoms with Crippen LogP contribution < -0.4 is 20.1 Å². The van der Waals surface area contributed by atoms with Gasteiger partial charge in [-0.2, -0.15) is 0 Å². The molecule has 2 N–H and O–H groups in total. The van der Waals surface area contributed by atoms with E-state index in [0.717, 1.165) is 18.2 Å². The van der Waals surface area contributed by atoms with Crippen molar-refractivity contribution in [1.82, 2.24) is 0 Å². The molecule has 3 rings (SSSR count). The second kappa shape index (κ2) is 6.74. The van der Waals surface area contributed by atoms with Crippen LogP contribution in [0.4, 0.5) is 20.2 Å². The maximum absolute atomic E-state index is 13.6. The first-order chi connectivity index (χ1) is 11.5. The van der Waals surface area contributed by atoms with Gasteiger partial charge in [0.05, 0.1) is 11.4 Å². The number of ether oxygens (including phenoxy) is 2. The molecule has 0 spiro atoms. The van der Waals surface area contributed by atoms with E-state index in [2.05, 4.69) is 10.6 Å². The fraction of sp³-hybridized carbons (Fsp3) is 0.235. The Morgan fingerprint density at radius 1 is 1.12 bits per heavy atom. The van der Waals surface area contributed by atoms with E-state index in [1.807, 2.05) is 0 Å². The van der Waals surface area contributed by atoms with Crippen LogP contribution in [0, 0.1) is 11.6 Å². The lowest BCUT2D eigenvalue weighted by atomic mass is 10.2. The average Bonchev–Trinajstić information content (AvgIpc) is 2.58. The number of nitrogens with one attached hydrogen (secondary N) is 2. The minimum absolute atomic E-state index is 0.205. The van der Waals surface area contributed by atoms with E-state index >= 15 is 0 Å². The number of amides is 1. The largest absolute Gasteiger partial charge is 0.486 e. The van der Waals surface area contributed by atoms with Gasteiger partial charge in [0.15, 0.2) is 11.5 Å². The van der Waals surface area contributed by atoms with Crippen LogP contribution in [0.5, 0.6) is 11.5 Å². The lowest BCUT2D eigenvalue weighted by molar-refractivity contribution is -0.116. The number of carbonyl (C=O) groups excluding carboxylic acids is 1. The summed E-state index contributed by atoms with van der Waals surface area (Å²) < 4.78 is 37.8. The molecule has 2 aromatic rings. The molecule has 0 aromatic heterocycles. The van der Waals surface area contributed by atoms with Crippen LogP contribution in [0.15, 0.2) is 36.4 Å². The van der Waals surface area contributed by atoms with Gasteiger partial charge in [-0.3, -0.25) is 4.79 Å². The number of anilines is 2. The van der Waals surface area contributed by atoms with Gasteiger partial charge in [-0.1, -0.05) is 6.07 Å². The Morgan fingerprint density at radius 3 is 2.75 bits per heavy atom. The van der Waals surface area contributed by atoms with E-state index in [1.165, 1.54) is 0 Å². The number of para-hydroxylation sites is 1. The fourth-order valence-electron chi connectivity index (χ4n) is 2.32. The number of carbonyl (C=O) groups is 1. The molecule has 5 nitrogen and oxygen atoms in total. The summed E-state index contributed by atoms with van der Waals surface area (Å²) in [6, 6.07) is 7.47. The predicted octanol–water partition coefficient (Wildman–Crippen LogP) is 3.18. The summed E-state index contributed by atoms with van der Waals surface area (Å²) in [5.74, 6) is -0.718. The Kier molecular flexibility index (Phi) is 4.50. The third-order valence-electron chi connectivity index (χ3n) is 3.52. The summed E-state index contributed by atoms with van der Waals surface area (Å²) >= 11 is 0. The summed E-state index contributed by atoms with van der Waals surface area (Å²) in [5, 5.41) is 5.35. The van der Waals surface area contributed by atoms with E-state index in [4.69, 9.17) is 9.47 Å². The van der Waals surface area contributed by atoms with Crippen molar-refractivity contribution in [2.45, 2.75) is 13.0 Å². The van der Waals surface area contributed by atoms with Crippen LogP contribution in [0.3, 0.4) is 0 Å². The molecular weight excluding hydrogens is 318 g/mol. The average molecular weight is 334 g/mol. The Bertz CT molecular complexity index is 767. The Balaban J connectivity index is 1.72. The normalized spacial score (nSPS) is 14.0.